The van der Waals surface area contributed by atoms with E-state index in [0.29, 0.717) is 96.1 Å². The smallest absolute Gasteiger partial charge is 0.315 e. The number of aliphatic hydroxyl groups is 1. The van der Waals surface area contributed by atoms with E-state index in [1.165, 1.54) is 0 Å². The lowest BCUT2D eigenvalue weighted by atomic mass is 10.0. The maximum Gasteiger partial charge on any atom is 0.315 e. The number of aliphatic hydroxyl groups excluding tert-OH is 1. The molecular formula is C45H62N5O9PS. The molecule has 0 aliphatic carbocycles. The Balaban J connectivity index is 0.794. The molecule has 2 saturated heterocycles. The quantitative estimate of drug-likeness (QED) is 0.0331. The van der Waals surface area contributed by atoms with Crippen LogP contribution in [0.4, 0.5) is 4.79 Å². The van der Waals surface area contributed by atoms with Crippen LogP contribution in [0.25, 0.3) is 0 Å². The Hall–Kier alpha value is -4.08. The number of rotatable bonds is 30. The number of fused-ring (bicyclic) bond motifs is 1. The minimum absolute atomic E-state index is 0.0275. The van der Waals surface area contributed by atoms with Gasteiger partial charge in [-0.25, -0.2) is 4.79 Å². The van der Waals surface area contributed by atoms with Gasteiger partial charge in [-0.15, -0.1) is 0 Å². The second kappa shape index (κ2) is 27.8. The van der Waals surface area contributed by atoms with E-state index in [2.05, 4.69) is 50.8 Å². The van der Waals surface area contributed by atoms with Crippen LogP contribution >= 0.6 is 19.7 Å². The van der Waals surface area contributed by atoms with Crippen molar-refractivity contribution < 1.29 is 43.2 Å². The fourth-order valence-corrected chi connectivity index (χ4v) is 11.1. The molecule has 5 amide bonds. The number of benzene rings is 3. The second-order valence-corrected chi connectivity index (χ2v) is 18.2. The average Bonchev–Trinajstić information content (AvgIpc) is 3.84. The van der Waals surface area contributed by atoms with Crippen molar-refractivity contribution in [3.63, 3.8) is 0 Å². The Morgan fingerprint density at radius 3 is 1.92 bits per heavy atom. The Morgan fingerprint density at radius 1 is 0.672 bits per heavy atom. The van der Waals surface area contributed by atoms with E-state index in [-0.39, 0.29) is 48.9 Å². The van der Waals surface area contributed by atoms with Crippen molar-refractivity contribution in [2.75, 3.05) is 78.2 Å². The van der Waals surface area contributed by atoms with Crippen LogP contribution in [0.15, 0.2) is 78.9 Å². The molecule has 0 saturated carbocycles. The van der Waals surface area contributed by atoms with E-state index in [9.17, 15) is 24.3 Å². The zero-order chi connectivity index (χ0) is 42.9. The van der Waals surface area contributed by atoms with Crippen molar-refractivity contribution in [2.45, 2.75) is 68.9 Å². The molecule has 0 radical (unpaired) electrons. The van der Waals surface area contributed by atoms with Crippen LogP contribution in [-0.4, -0.2) is 124 Å². The summed E-state index contributed by atoms with van der Waals surface area (Å²) in [6, 6.07) is 26.3. The Kier molecular flexibility index (Phi) is 21.8. The largest absolute Gasteiger partial charge is 0.392 e. The fourth-order valence-electron chi connectivity index (χ4n) is 7.05. The lowest BCUT2D eigenvalue weighted by molar-refractivity contribution is -0.122. The molecule has 2 heterocycles. The van der Waals surface area contributed by atoms with Crippen LogP contribution in [0.3, 0.4) is 0 Å². The summed E-state index contributed by atoms with van der Waals surface area (Å²) in [5, 5.41) is 28.6. The molecule has 3 unspecified atom stereocenters. The number of hydrogen-bond donors (Lipinski definition) is 6. The molecular weight excluding hydrogens is 818 g/mol. The van der Waals surface area contributed by atoms with E-state index < -0.39 is 7.92 Å². The van der Waals surface area contributed by atoms with Gasteiger partial charge in [0.05, 0.1) is 71.5 Å². The van der Waals surface area contributed by atoms with Crippen LogP contribution in [0, 0.1) is 0 Å². The summed E-state index contributed by atoms with van der Waals surface area (Å²) in [6.45, 7) is 4.55. The normalized spacial score (nSPS) is 16.8. The first-order valence-corrected chi connectivity index (χ1v) is 23.8. The summed E-state index contributed by atoms with van der Waals surface area (Å²) in [6.07, 6.45) is 4.97. The van der Waals surface area contributed by atoms with E-state index >= 15 is 0 Å². The van der Waals surface area contributed by atoms with Gasteiger partial charge in [-0.3, -0.25) is 14.4 Å². The highest BCUT2D eigenvalue weighted by Crippen LogP contribution is 2.35. The molecule has 3 atom stereocenters. The van der Waals surface area contributed by atoms with Crippen LogP contribution in [0.5, 0.6) is 0 Å². The molecule has 14 nitrogen and oxygen atoms in total. The zero-order valence-electron chi connectivity index (χ0n) is 34.9. The number of unbranched alkanes of at least 4 members (excludes halogenated alkanes) is 2. The van der Waals surface area contributed by atoms with Crippen molar-refractivity contribution in [2.24, 2.45) is 0 Å². The summed E-state index contributed by atoms with van der Waals surface area (Å²) in [5.74, 6) is 0.720. The van der Waals surface area contributed by atoms with Crippen LogP contribution in [0.1, 0.15) is 60.9 Å². The molecule has 6 N–H and O–H groups in total. The first kappa shape index (κ1) is 48.0. The van der Waals surface area contributed by atoms with Crippen LogP contribution in [-0.2, 0) is 35.1 Å². The summed E-state index contributed by atoms with van der Waals surface area (Å²) < 4.78 is 22.1. The minimum Gasteiger partial charge on any atom is -0.392 e. The summed E-state index contributed by atoms with van der Waals surface area (Å²) in [7, 11) is -0.977. The van der Waals surface area contributed by atoms with Gasteiger partial charge < -0.3 is 50.6 Å². The molecule has 0 spiro atoms. The summed E-state index contributed by atoms with van der Waals surface area (Å²) >= 11 is 1.89. The van der Waals surface area contributed by atoms with Gasteiger partial charge in [-0.05, 0) is 67.2 Å². The number of amides is 5. The molecule has 2 aliphatic rings. The van der Waals surface area contributed by atoms with E-state index in [0.717, 1.165) is 52.9 Å². The van der Waals surface area contributed by atoms with Crippen molar-refractivity contribution >= 4 is 59.3 Å². The number of carbonyl (C=O) groups excluding carboxylic acids is 4. The molecule has 16 heteroatoms. The molecule has 332 valence electrons. The maximum atomic E-state index is 13.1. The van der Waals surface area contributed by atoms with Crippen molar-refractivity contribution in [3.8, 4) is 0 Å². The third kappa shape index (κ3) is 17.0. The number of thioether (sulfide) groups is 1. The summed E-state index contributed by atoms with van der Waals surface area (Å²) in [4.78, 5) is 49.0. The Morgan fingerprint density at radius 2 is 1.26 bits per heavy atom. The monoisotopic (exact) mass is 879 g/mol. The Bertz CT molecular complexity index is 1740. The van der Waals surface area contributed by atoms with Crippen LogP contribution < -0.4 is 42.5 Å². The number of urea groups is 1. The molecule has 3 aromatic rings. The van der Waals surface area contributed by atoms with Gasteiger partial charge in [-0.2, -0.15) is 11.8 Å². The number of nitrogens with one attached hydrogen (secondary N) is 5. The first-order valence-electron chi connectivity index (χ1n) is 21.4. The van der Waals surface area contributed by atoms with Gasteiger partial charge in [0, 0.05) is 49.0 Å². The zero-order valence-corrected chi connectivity index (χ0v) is 36.7. The maximum absolute atomic E-state index is 13.1. The van der Waals surface area contributed by atoms with Gasteiger partial charge in [-0.1, -0.05) is 73.2 Å². The SMILES string of the molecule is O=C(CCCCC1SCC2NC(=O)NC21)NCCOCCOCCOCCOCCC(=O)NCCCCNC(=O)c1ccc(CO)c(P(c2ccccc2)c2ccccc2)c1. The number of carbonyl (C=O) groups is 4. The molecule has 3 aromatic carbocycles. The highest BCUT2D eigenvalue weighted by molar-refractivity contribution is 8.00. The first-order chi connectivity index (χ1) is 29.9. The molecule has 2 fully saturated rings. The van der Waals surface area contributed by atoms with E-state index in [1.807, 2.05) is 60.3 Å². The molecule has 0 bridgehead atoms. The van der Waals surface area contributed by atoms with E-state index in [4.69, 9.17) is 18.9 Å². The van der Waals surface area contributed by atoms with Crippen molar-refractivity contribution in [3.05, 3.63) is 90.0 Å². The van der Waals surface area contributed by atoms with Gasteiger partial charge >= 0.3 is 6.03 Å². The predicted octanol–water partition coefficient (Wildman–Crippen LogP) is 2.86. The topological polar surface area (TPSA) is 186 Å². The molecule has 61 heavy (non-hydrogen) atoms. The van der Waals surface area contributed by atoms with Gasteiger partial charge in [0.1, 0.15) is 0 Å². The lowest BCUT2D eigenvalue weighted by Gasteiger charge is -2.22. The van der Waals surface area contributed by atoms with Gasteiger partial charge in [0.2, 0.25) is 11.8 Å². The third-order valence-corrected chi connectivity index (χ3v) is 14.3. The molecule has 2 aliphatic heterocycles. The number of hydrogen-bond acceptors (Lipinski definition) is 10. The standard InChI is InChI=1S/C45H62N5O9PS/c51-32-35-18-17-34(31-39(35)60(36-11-3-1-4-12-36)37-13-5-2-6-14-37)44(54)48-21-10-9-20-46-42(53)19-23-56-25-27-58-29-30-59-28-26-57-24-22-47-41(52)16-8-7-15-40-43-38(33-61-40)49-45(55)50-43/h1-6,11-14,17-18,31,38,40,43,51H,7-10,15-16,19-30,32-33H2,(H,46,53)(H,47,52)(H,48,54)(H2,49,50,55). The molecule has 0 aromatic heterocycles. The average molecular weight is 880 g/mol. The third-order valence-electron chi connectivity index (χ3n) is 10.2. The molecule has 5 rings (SSSR count). The van der Waals surface area contributed by atoms with E-state index in [1.54, 1.807) is 6.07 Å². The Labute approximate surface area is 365 Å². The van der Waals surface area contributed by atoms with Gasteiger partial charge in [0.25, 0.3) is 5.91 Å². The van der Waals surface area contributed by atoms with Crippen molar-refractivity contribution in [1.82, 2.24) is 26.6 Å². The second-order valence-electron chi connectivity index (χ2n) is 14.7. The predicted molar refractivity (Wildman–Crippen MR) is 241 cm³/mol. The highest BCUT2D eigenvalue weighted by Gasteiger charge is 2.42. The summed E-state index contributed by atoms with van der Waals surface area (Å²) in [5.41, 5.74) is 1.35. The number of ether oxygens (including phenoxy) is 4. The van der Waals surface area contributed by atoms with Crippen LogP contribution in [0.2, 0.25) is 0 Å². The fraction of sp³-hybridized carbons (Fsp3) is 0.511. The minimum atomic E-state index is -0.977. The van der Waals surface area contributed by atoms with Gasteiger partial charge in [0.15, 0.2) is 0 Å². The van der Waals surface area contributed by atoms with Crippen molar-refractivity contribution in [1.29, 1.82) is 0 Å². The highest BCUT2D eigenvalue weighted by atomic mass is 32.2. The lowest BCUT2D eigenvalue weighted by Crippen LogP contribution is -2.36.